The molecule has 0 radical (unpaired) electrons. The third-order valence-corrected chi connectivity index (χ3v) is 5.84. The zero-order chi connectivity index (χ0) is 15.5. The summed E-state index contributed by atoms with van der Waals surface area (Å²) in [5, 5.41) is 2.99. The van der Waals surface area contributed by atoms with Crippen LogP contribution in [0.25, 0.3) is 0 Å². The lowest BCUT2D eigenvalue weighted by molar-refractivity contribution is -0.136. The van der Waals surface area contributed by atoms with E-state index in [2.05, 4.69) is 5.32 Å². The van der Waals surface area contributed by atoms with Crippen molar-refractivity contribution in [1.82, 2.24) is 5.32 Å². The van der Waals surface area contributed by atoms with Crippen LogP contribution in [-0.2, 0) is 6.18 Å². The van der Waals surface area contributed by atoms with Crippen LogP contribution in [0, 0.1) is 0 Å². The summed E-state index contributed by atoms with van der Waals surface area (Å²) in [5.74, 6) is 2.57. The first-order chi connectivity index (χ1) is 9.88. The van der Waals surface area contributed by atoms with Crippen LogP contribution in [0.1, 0.15) is 15.9 Å². The van der Waals surface area contributed by atoms with Gasteiger partial charge in [-0.3, -0.25) is 4.79 Å². The van der Waals surface area contributed by atoms with Gasteiger partial charge in [-0.2, -0.15) is 36.7 Å². The SMILES string of the molecule is Nc1ccc(C(=O)NCC2CSCCS2)cc1C(F)(F)F. The maximum absolute atomic E-state index is 12.8. The van der Waals surface area contributed by atoms with E-state index >= 15 is 0 Å². The van der Waals surface area contributed by atoms with Crippen molar-refractivity contribution in [2.75, 3.05) is 29.5 Å². The molecule has 1 aromatic rings. The molecule has 1 saturated heterocycles. The maximum Gasteiger partial charge on any atom is 0.418 e. The first kappa shape index (κ1) is 16.4. The molecule has 1 atom stereocenters. The molecule has 1 aliphatic rings. The van der Waals surface area contributed by atoms with Crippen LogP contribution in [0.2, 0.25) is 0 Å². The first-order valence-corrected chi connectivity index (χ1v) is 8.52. The van der Waals surface area contributed by atoms with Gasteiger partial charge in [0, 0.05) is 40.3 Å². The zero-order valence-electron chi connectivity index (χ0n) is 11.1. The fourth-order valence-corrected chi connectivity index (χ4v) is 4.52. The molecular weight excluding hydrogens is 321 g/mol. The number of nitrogen functional groups attached to an aromatic ring is 1. The maximum atomic E-state index is 12.8. The van der Waals surface area contributed by atoms with Crippen molar-refractivity contribution >= 4 is 35.1 Å². The van der Waals surface area contributed by atoms with Crippen molar-refractivity contribution in [3.8, 4) is 0 Å². The number of carbonyl (C=O) groups is 1. The van der Waals surface area contributed by atoms with Gasteiger partial charge in [0.2, 0.25) is 0 Å². The molecule has 116 valence electrons. The minimum atomic E-state index is -4.56. The molecule has 1 heterocycles. The van der Waals surface area contributed by atoms with Gasteiger partial charge in [-0.15, -0.1) is 0 Å². The van der Waals surface area contributed by atoms with Crippen molar-refractivity contribution in [3.05, 3.63) is 29.3 Å². The van der Waals surface area contributed by atoms with E-state index in [-0.39, 0.29) is 11.3 Å². The second-order valence-corrected chi connectivity index (χ2v) is 7.14. The number of nitrogens with two attached hydrogens (primary N) is 1. The largest absolute Gasteiger partial charge is 0.418 e. The van der Waals surface area contributed by atoms with Gasteiger partial charge < -0.3 is 11.1 Å². The van der Waals surface area contributed by atoms with Gasteiger partial charge in [0.05, 0.1) is 5.56 Å². The summed E-state index contributed by atoms with van der Waals surface area (Å²) in [6, 6.07) is 3.22. The Labute approximate surface area is 129 Å². The summed E-state index contributed by atoms with van der Waals surface area (Å²) in [5.41, 5.74) is 3.93. The fourth-order valence-electron chi connectivity index (χ4n) is 1.91. The second kappa shape index (κ2) is 6.83. The normalized spacial score (nSPS) is 19.3. The van der Waals surface area contributed by atoms with Crippen LogP contribution in [0.4, 0.5) is 18.9 Å². The van der Waals surface area contributed by atoms with Gasteiger partial charge in [0.1, 0.15) is 0 Å². The van der Waals surface area contributed by atoms with Crippen molar-refractivity contribution < 1.29 is 18.0 Å². The van der Waals surface area contributed by atoms with Crippen LogP contribution in [-0.4, -0.2) is 35.0 Å². The van der Waals surface area contributed by atoms with E-state index in [1.807, 2.05) is 11.8 Å². The molecule has 3 nitrogen and oxygen atoms in total. The zero-order valence-corrected chi connectivity index (χ0v) is 12.7. The Morgan fingerprint density at radius 1 is 1.38 bits per heavy atom. The van der Waals surface area contributed by atoms with Crippen LogP contribution >= 0.6 is 23.5 Å². The Morgan fingerprint density at radius 3 is 2.76 bits per heavy atom. The molecule has 1 aliphatic heterocycles. The molecule has 0 aliphatic carbocycles. The van der Waals surface area contributed by atoms with Gasteiger partial charge in [-0.25, -0.2) is 0 Å². The molecule has 0 aromatic heterocycles. The van der Waals surface area contributed by atoms with E-state index in [0.29, 0.717) is 11.8 Å². The van der Waals surface area contributed by atoms with Crippen molar-refractivity contribution in [2.24, 2.45) is 0 Å². The van der Waals surface area contributed by atoms with Crippen molar-refractivity contribution in [2.45, 2.75) is 11.4 Å². The predicted octanol–water partition coefficient (Wildman–Crippen LogP) is 2.87. The van der Waals surface area contributed by atoms with Crippen LogP contribution in [0.5, 0.6) is 0 Å². The molecule has 1 unspecified atom stereocenters. The predicted molar refractivity (Wildman–Crippen MR) is 81.8 cm³/mol. The summed E-state index contributed by atoms with van der Waals surface area (Å²) in [4.78, 5) is 11.9. The molecule has 0 spiro atoms. The Balaban J connectivity index is 2.02. The molecule has 1 fully saturated rings. The van der Waals surface area contributed by atoms with Gasteiger partial charge in [-0.05, 0) is 18.2 Å². The lowest BCUT2D eigenvalue weighted by Gasteiger charge is -2.21. The molecular formula is C13H15F3N2OS2. The Morgan fingerprint density at radius 2 is 2.14 bits per heavy atom. The van der Waals surface area contributed by atoms with E-state index in [9.17, 15) is 18.0 Å². The van der Waals surface area contributed by atoms with Crippen LogP contribution in [0.15, 0.2) is 18.2 Å². The number of benzene rings is 1. The van der Waals surface area contributed by atoms with Gasteiger partial charge >= 0.3 is 6.18 Å². The summed E-state index contributed by atoms with van der Waals surface area (Å²) < 4.78 is 38.3. The standard InChI is InChI=1S/C13H15F3N2OS2/c14-13(15,16)10-5-8(1-2-11(10)17)12(19)18-6-9-7-20-3-4-21-9/h1-2,5,9H,3-4,6-7,17H2,(H,18,19). The van der Waals surface area contributed by atoms with E-state index in [0.717, 1.165) is 29.4 Å². The smallest absolute Gasteiger partial charge is 0.398 e. The van der Waals surface area contributed by atoms with E-state index in [4.69, 9.17) is 5.73 Å². The highest BCUT2D eigenvalue weighted by molar-refractivity contribution is 8.06. The topological polar surface area (TPSA) is 55.1 Å². The number of anilines is 1. The fraction of sp³-hybridized carbons (Fsp3) is 0.462. The molecule has 1 amide bonds. The third-order valence-electron chi connectivity index (χ3n) is 3.00. The Bertz CT molecular complexity index is 517. The molecule has 3 N–H and O–H groups in total. The Hall–Kier alpha value is -1.02. The van der Waals surface area contributed by atoms with Crippen LogP contribution in [0.3, 0.4) is 0 Å². The Kier molecular flexibility index (Phi) is 5.32. The summed E-state index contributed by atoms with van der Waals surface area (Å²) in [6.45, 7) is 0.461. The minimum Gasteiger partial charge on any atom is -0.398 e. The lowest BCUT2D eigenvalue weighted by atomic mass is 10.1. The molecule has 8 heteroatoms. The quantitative estimate of drug-likeness (QED) is 0.834. The minimum absolute atomic E-state index is 0.0232. The number of alkyl halides is 3. The number of carbonyl (C=O) groups excluding carboxylic acids is 1. The molecule has 0 bridgehead atoms. The average Bonchev–Trinajstić information content (AvgIpc) is 2.45. The molecule has 21 heavy (non-hydrogen) atoms. The number of nitrogens with one attached hydrogen (secondary N) is 1. The van der Waals surface area contributed by atoms with Crippen molar-refractivity contribution in [1.29, 1.82) is 0 Å². The number of halogens is 3. The molecule has 2 rings (SSSR count). The summed E-state index contributed by atoms with van der Waals surface area (Å²) in [7, 11) is 0. The van der Waals surface area contributed by atoms with Gasteiger partial charge in [-0.1, -0.05) is 0 Å². The highest BCUT2D eigenvalue weighted by atomic mass is 32.2. The third kappa shape index (κ3) is 4.47. The lowest BCUT2D eigenvalue weighted by Crippen LogP contribution is -2.33. The van der Waals surface area contributed by atoms with E-state index < -0.39 is 17.6 Å². The summed E-state index contributed by atoms with van der Waals surface area (Å²) >= 11 is 3.60. The number of hydrogen-bond donors (Lipinski definition) is 2. The second-order valence-electron chi connectivity index (χ2n) is 4.58. The molecule has 1 aromatic carbocycles. The molecule has 0 saturated carbocycles. The number of thioether (sulfide) groups is 2. The van der Waals surface area contributed by atoms with Gasteiger partial charge in [0.25, 0.3) is 5.91 Å². The average molecular weight is 336 g/mol. The van der Waals surface area contributed by atoms with Crippen molar-refractivity contribution in [3.63, 3.8) is 0 Å². The number of hydrogen-bond acceptors (Lipinski definition) is 4. The summed E-state index contributed by atoms with van der Waals surface area (Å²) in [6.07, 6.45) is -4.56. The van der Waals surface area contributed by atoms with E-state index in [1.165, 1.54) is 6.07 Å². The van der Waals surface area contributed by atoms with Crippen LogP contribution < -0.4 is 11.1 Å². The van der Waals surface area contributed by atoms with E-state index in [1.54, 1.807) is 11.8 Å². The van der Waals surface area contributed by atoms with Gasteiger partial charge in [0.15, 0.2) is 0 Å². The highest BCUT2D eigenvalue weighted by Crippen LogP contribution is 2.34. The highest BCUT2D eigenvalue weighted by Gasteiger charge is 2.33. The monoisotopic (exact) mass is 336 g/mol. The number of amides is 1. The first-order valence-electron chi connectivity index (χ1n) is 6.32. The number of rotatable bonds is 3.